The Bertz CT molecular complexity index is 410. The van der Waals surface area contributed by atoms with E-state index in [9.17, 15) is 18.1 Å². The van der Waals surface area contributed by atoms with Crippen molar-refractivity contribution >= 4 is 10.4 Å². The van der Waals surface area contributed by atoms with Crippen LogP contribution in [0, 0.1) is 0 Å². The van der Waals surface area contributed by atoms with Gasteiger partial charge in [-0.3, -0.25) is 19.3 Å². The van der Waals surface area contributed by atoms with Gasteiger partial charge in [0.15, 0.2) is 0 Å². The van der Waals surface area contributed by atoms with Crippen molar-refractivity contribution in [1.82, 2.24) is 10.6 Å². The molecule has 0 aromatic rings. The molecular weight excluding hydrogens is 322 g/mol. The normalized spacial score (nSPS) is 16.4. The fraction of sp³-hybridized carbons (Fsp3) is 0.714. The second-order valence-corrected chi connectivity index (χ2v) is 6.26. The molecule has 2 unspecified atom stereocenters. The van der Waals surface area contributed by atoms with Crippen molar-refractivity contribution in [3.05, 3.63) is 25.3 Å². The van der Waals surface area contributed by atoms with Crippen molar-refractivity contribution in [3.63, 3.8) is 0 Å². The van der Waals surface area contributed by atoms with Gasteiger partial charge in [0.25, 0.3) is 0 Å². The Morgan fingerprint density at radius 3 is 1.78 bits per heavy atom. The van der Waals surface area contributed by atoms with Crippen molar-refractivity contribution in [3.8, 4) is 0 Å². The first kappa shape index (κ1) is 24.4. The topological polar surface area (TPSA) is 111 Å². The van der Waals surface area contributed by atoms with Crippen LogP contribution in [0.3, 0.4) is 0 Å². The van der Waals surface area contributed by atoms with Crippen molar-refractivity contribution in [1.29, 1.82) is 0 Å². The Morgan fingerprint density at radius 1 is 1.22 bits per heavy atom. The maximum Gasteiger partial charge on any atom is 0.217 e. The van der Waals surface area contributed by atoms with Gasteiger partial charge in [-0.25, -0.2) is 8.42 Å². The quantitative estimate of drug-likeness (QED) is 0.155. The molecule has 0 saturated heterocycles. The maximum absolute atomic E-state index is 9.24. The van der Waals surface area contributed by atoms with Crippen molar-refractivity contribution in [2.45, 2.75) is 26.2 Å². The van der Waals surface area contributed by atoms with E-state index < -0.39 is 10.4 Å². The number of likely N-dealkylation sites (N-methyl/N-ethyl adjacent to an activating group) is 1. The molecule has 0 aliphatic carbocycles. The molecule has 0 rings (SSSR count). The maximum atomic E-state index is 9.24. The number of quaternary nitrogens is 1. The number of hydrogen-bond donors (Lipinski definition) is 3. The van der Waals surface area contributed by atoms with E-state index >= 15 is 0 Å². The molecule has 0 saturated carbocycles. The number of nitrogens with zero attached hydrogens (tertiary/aromatic N) is 1. The van der Waals surface area contributed by atoms with E-state index in [0.717, 1.165) is 24.7 Å². The van der Waals surface area contributed by atoms with Gasteiger partial charge in [-0.1, -0.05) is 12.2 Å². The molecule has 3 N–H and O–H groups in total. The van der Waals surface area contributed by atoms with Gasteiger partial charge in [0.2, 0.25) is 10.4 Å². The smallest absolute Gasteiger partial charge is 0.217 e. The van der Waals surface area contributed by atoms with Crippen LogP contribution in [0.15, 0.2) is 25.3 Å². The first-order valence-corrected chi connectivity index (χ1v) is 8.58. The standard InChI is InChI=1S/C13H28N3O.CH4O4S/c1-6-8-14-12(3)16(5,10-11-17)13(4)15-9-7-2;1-5-6(2,3)4/h6-7,12-15,17H,1-2,8-11H2,3-5H3;1H3,(H,2,3,4)/q+1;/p-1. The first-order valence-electron chi connectivity index (χ1n) is 7.24. The molecule has 0 radical (unpaired) electrons. The van der Waals surface area contributed by atoms with Crippen molar-refractivity contribution < 1.29 is 26.7 Å². The van der Waals surface area contributed by atoms with Gasteiger partial charge < -0.3 is 9.66 Å². The second kappa shape index (κ2) is 12.6. The highest BCUT2D eigenvalue weighted by Gasteiger charge is 2.33. The van der Waals surface area contributed by atoms with Crippen LogP contribution in [0.2, 0.25) is 0 Å². The summed E-state index contributed by atoms with van der Waals surface area (Å²) < 4.78 is 31.7. The summed E-state index contributed by atoms with van der Waals surface area (Å²) in [4.78, 5) is 0. The van der Waals surface area contributed by atoms with Crippen LogP contribution in [0.4, 0.5) is 0 Å². The first-order chi connectivity index (χ1) is 10.6. The minimum Gasteiger partial charge on any atom is -0.726 e. The Labute approximate surface area is 140 Å². The summed E-state index contributed by atoms with van der Waals surface area (Å²) in [5.74, 6) is 0. The van der Waals surface area contributed by atoms with Crippen LogP contribution in [-0.2, 0) is 14.6 Å². The van der Waals surface area contributed by atoms with Crippen LogP contribution < -0.4 is 10.6 Å². The molecule has 2 atom stereocenters. The SMILES string of the molecule is C=CCNC(C)[N+](C)(CCO)C(C)NCC=C.COS(=O)(=O)[O-]. The number of aliphatic hydroxyl groups is 1. The van der Waals surface area contributed by atoms with Crippen LogP contribution >= 0.6 is 0 Å². The molecule has 0 amide bonds. The van der Waals surface area contributed by atoms with Gasteiger partial charge in [0, 0.05) is 26.9 Å². The van der Waals surface area contributed by atoms with Gasteiger partial charge in [-0.05, 0) is 0 Å². The molecule has 0 fully saturated rings. The van der Waals surface area contributed by atoms with E-state index in [1.807, 2.05) is 12.2 Å². The molecule has 0 aliphatic rings. The van der Waals surface area contributed by atoms with E-state index in [1.54, 1.807) is 0 Å². The van der Waals surface area contributed by atoms with Crippen LogP contribution in [-0.4, -0.2) is 75.3 Å². The molecule has 0 spiro atoms. The van der Waals surface area contributed by atoms with Gasteiger partial charge in [0.1, 0.15) is 18.9 Å². The third-order valence-electron chi connectivity index (χ3n) is 3.67. The number of nitrogens with one attached hydrogen (secondary N) is 2. The molecule has 0 bridgehead atoms. The predicted molar refractivity (Wildman–Crippen MR) is 90.2 cm³/mol. The Morgan fingerprint density at radius 2 is 1.57 bits per heavy atom. The minimum atomic E-state index is -4.41. The monoisotopic (exact) mass is 353 g/mol. The molecule has 23 heavy (non-hydrogen) atoms. The van der Waals surface area contributed by atoms with E-state index in [0.29, 0.717) is 6.54 Å². The molecule has 0 heterocycles. The summed E-state index contributed by atoms with van der Waals surface area (Å²) >= 11 is 0. The fourth-order valence-electron chi connectivity index (χ4n) is 1.86. The Hall–Kier alpha value is -0.810. The summed E-state index contributed by atoms with van der Waals surface area (Å²) in [6, 6.07) is 0. The van der Waals surface area contributed by atoms with E-state index in [1.165, 1.54) is 0 Å². The molecule has 8 nitrogen and oxygen atoms in total. The van der Waals surface area contributed by atoms with Crippen molar-refractivity contribution in [2.75, 3.05) is 40.4 Å². The van der Waals surface area contributed by atoms with Crippen LogP contribution in [0.1, 0.15) is 13.8 Å². The van der Waals surface area contributed by atoms with Gasteiger partial charge in [0.05, 0.1) is 20.8 Å². The highest BCUT2D eigenvalue weighted by Crippen LogP contribution is 2.12. The van der Waals surface area contributed by atoms with Gasteiger partial charge >= 0.3 is 0 Å². The lowest BCUT2D eigenvalue weighted by atomic mass is 10.2. The molecule has 0 aliphatic heterocycles. The lowest BCUT2D eigenvalue weighted by molar-refractivity contribution is -0.958. The number of rotatable bonds is 11. The average Bonchev–Trinajstić information content (AvgIpc) is 2.50. The zero-order valence-corrected chi connectivity index (χ0v) is 15.3. The fourth-order valence-corrected chi connectivity index (χ4v) is 1.86. The number of aliphatic hydroxyl groups excluding tert-OH is 1. The second-order valence-electron chi connectivity index (χ2n) is 5.11. The largest absolute Gasteiger partial charge is 0.726 e. The van der Waals surface area contributed by atoms with E-state index in [-0.39, 0.29) is 18.9 Å². The molecule has 0 aromatic carbocycles. The summed E-state index contributed by atoms with van der Waals surface area (Å²) in [6.45, 7) is 14.1. The molecule has 0 aromatic heterocycles. The summed E-state index contributed by atoms with van der Waals surface area (Å²) in [5.41, 5.74) is 0. The van der Waals surface area contributed by atoms with Crippen LogP contribution in [0.5, 0.6) is 0 Å². The third-order valence-corrected chi connectivity index (χ3v) is 4.08. The van der Waals surface area contributed by atoms with Gasteiger partial charge in [-0.15, -0.1) is 13.2 Å². The average molecular weight is 353 g/mol. The molecular formula is C14H31N3O5S. The molecule has 9 heteroatoms. The number of hydrogen-bond acceptors (Lipinski definition) is 7. The highest BCUT2D eigenvalue weighted by atomic mass is 32.3. The zero-order chi connectivity index (χ0) is 18.5. The van der Waals surface area contributed by atoms with Crippen LogP contribution in [0.25, 0.3) is 0 Å². The Kier molecular flexibility index (Phi) is 13.4. The third kappa shape index (κ3) is 11.4. The minimum absolute atomic E-state index is 0.177. The highest BCUT2D eigenvalue weighted by molar-refractivity contribution is 7.80. The summed E-state index contributed by atoms with van der Waals surface area (Å²) in [7, 11) is -1.47. The van der Waals surface area contributed by atoms with E-state index in [2.05, 4.69) is 48.9 Å². The lowest BCUT2D eigenvalue weighted by Gasteiger charge is -2.44. The summed E-state index contributed by atoms with van der Waals surface area (Å²) in [6.07, 6.45) is 4.18. The Balaban J connectivity index is 0. The predicted octanol–water partition coefficient (Wildman–Crippen LogP) is -0.238. The van der Waals surface area contributed by atoms with E-state index in [4.69, 9.17) is 0 Å². The zero-order valence-electron chi connectivity index (χ0n) is 14.5. The van der Waals surface area contributed by atoms with Crippen molar-refractivity contribution in [2.24, 2.45) is 0 Å². The lowest BCUT2D eigenvalue weighted by Crippen LogP contribution is -2.66. The van der Waals surface area contributed by atoms with Gasteiger partial charge in [-0.2, -0.15) is 0 Å². The summed E-state index contributed by atoms with van der Waals surface area (Å²) in [5, 5.41) is 16.0. The molecule has 138 valence electrons.